The normalized spacial score (nSPS) is 19.3. The Hall–Kier alpha value is -2.30. The molecule has 1 aliphatic rings. The first kappa shape index (κ1) is 20.0. The van der Waals surface area contributed by atoms with Crippen molar-refractivity contribution in [3.05, 3.63) is 65.3 Å². The Morgan fingerprint density at radius 2 is 1.69 bits per heavy atom. The van der Waals surface area contributed by atoms with Gasteiger partial charge in [-0.1, -0.05) is 23.7 Å². The Labute approximate surface area is 178 Å². The molecule has 2 N–H and O–H groups in total. The van der Waals surface area contributed by atoms with E-state index in [2.05, 4.69) is 71.0 Å². The van der Waals surface area contributed by atoms with Crippen molar-refractivity contribution in [1.29, 1.82) is 0 Å². The zero-order valence-electron chi connectivity index (χ0n) is 17.2. The molecule has 0 atom stereocenters. The molecule has 3 aromatic rings. The molecule has 0 spiro atoms. The number of anilines is 2. The van der Waals surface area contributed by atoms with Crippen LogP contribution in [0.2, 0.25) is 5.02 Å². The van der Waals surface area contributed by atoms with E-state index < -0.39 is 0 Å². The summed E-state index contributed by atoms with van der Waals surface area (Å²) in [5.41, 5.74) is 4.69. The second kappa shape index (κ2) is 9.02. The van der Waals surface area contributed by atoms with Crippen LogP contribution in [0.25, 0.3) is 10.9 Å². The highest BCUT2D eigenvalue weighted by molar-refractivity contribution is 6.31. The van der Waals surface area contributed by atoms with Crippen molar-refractivity contribution in [3.8, 4) is 0 Å². The summed E-state index contributed by atoms with van der Waals surface area (Å²) in [6.07, 6.45) is 6.60. The average Bonchev–Trinajstić information content (AvgIpc) is 2.73. The van der Waals surface area contributed by atoms with Crippen LogP contribution in [-0.2, 0) is 6.54 Å². The molecule has 1 saturated carbocycles. The predicted octanol–water partition coefficient (Wildman–Crippen LogP) is 5.47. The quantitative estimate of drug-likeness (QED) is 0.567. The summed E-state index contributed by atoms with van der Waals surface area (Å²) >= 11 is 6.10. The Morgan fingerprint density at radius 3 is 2.41 bits per heavy atom. The number of aromatic nitrogens is 1. The van der Waals surface area contributed by atoms with Crippen molar-refractivity contribution in [3.63, 3.8) is 0 Å². The maximum atomic E-state index is 6.10. The third-order valence-corrected chi connectivity index (χ3v) is 6.07. The molecule has 1 aliphatic carbocycles. The molecule has 1 heterocycles. The molecule has 5 heteroatoms. The van der Waals surface area contributed by atoms with Gasteiger partial charge in [-0.3, -0.25) is 4.98 Å². The van der Waals surface area contributed by atoms with Gasteiger partial charge in [0.1, 0.15) is 0 Å². The molecule has 0 bridgehead atoms. The molecule has 4 nitrogen and oxygen atoms in total. The lowest BCUT2D eigenvalue weighted by Gasteiger charge is -2.30. The summed E-state index contributed by atoms with van der Waals surface area (Å²) in [7, 11) is 4.15. The van der Waals surface area contributed by atoms with Crippen LogP contribution in [-0.4, -0.2) is 31.2 Å². The number of nitrogens with zero attached hydrogens (tertiary/aromatic N) is 2. The number of benzene rings is 2. The number of pyridine rings is 1. The van der Waals surface area contributed by atoms with E-state index in [4.69, 9.17) is 11.6 Å². The van der Waals surface area contributed by atoms with Crippen molar-refractivity contribution in [2.45, 2.75) is 44.3 Å². The number of nitrogens with one attached hydrogen (secondary N) is 2. The first-order chi connectivity index (χ1) is 14.1. The first-order valence-electron chi connectivity index (χ1n) is 10.4. The lowest BCUT2D eigenvalue weighted by molar-refractivity contribution is 0.353. The van der Waals surface area contributed by atoms with E-state index in [1.807, 2.05) is 18.3 Å². The van der Waals surface area contributed by atoms with Gasteiger partial charge in [0.15, 0.2) is 0 Å². The lowest BCUT2D eigenvalue weighted by Crippen LogP contribution is -2.36. The van der Waals surface area contributed by atoms with E-state index >= 15 is 0 Å². The van der Waals surface area contributed by atoms with E-state index in [9.17, 15) is 0 Å². The largest absolute Gasteiger partial charge is 0.382 e. The van der Waals surface area contributed by atoms with Gasteiger partial charge in [-0.05, 0) is 67.6 Å². The van der Waals surface area contributed by atoms with Crippen LogP contribution in [0.4, 0.5) is 11.4 Å². The Bertz CT molecular complexity index is 947. The van der Waals surface area contributed by atoms with Gasteiger partial charge in [0.25, 0.3) is 0 Å². The van der Waals surface area contributed by atoms with Crippen LogP contribution in [0, 0.1) is 0 Å². The minimum atomic E-state index is 0.508. The van der Waals surface area contributed by atoms with Crippen molar-refractivity contribution in [2.75, 3.05) is 24.3 Å². The third-order valence-electron chi connectivity index (χ3n) is 5.84. The molecule has 0 unspecified atom stereocenters. The molecule has 0 radical (unpaired) electrons. The topological polar surface area (TPSA) is 40.2 Å². The Morgan fingerprint density at radius 1 is 0.966 bits per heavy atom. The van der Waals surface area contributed by atoms with Crippen LogP contribution in [0.1, 0.15) is 31.2 Å². The summed E-state index contributed by atoms with van der Waals surface area (Å²) in [4.78, 5) is 6.57. The monoisotopic (exact) mass is 408 g/mol. The van der Waals surface area contributed by atoms with Crippen molar-refractivity contribution >= 4 is 33.9 Å². The molecule has 0 saturated heterocycles. The summed E-state index contributed by atoms with van der Waals surface area (Å²) in [5, 5.41) is 9.34. The van der Waals surface area contributed by atoms with E-state index in [0.717, 1.165) is 28.2 Å². The molecule has 0 amide bonds. The van der Waals surface area contributed by atoms with E-state index in [1.54, 1.807) is 0 Å². The summed E-state index contributed by atoms with van der Waals surface area (Å²) < 4.78 is 0. The van der Waals surface area contributed by atoms with Gasteiger partial charge in [-0.15, -0.1) is 0 Å². The van der Waals surface area contributed by atoms with Gasteiger partial charge in [-0.25, -0.2) is 0 Å². The molecular weight excluding hydrogens is 380 g/mol. The molecule has 2 aromatic carbocycles. The standard InChI is InChI=1S/C24H29ClN4/c1-29(2)21-10-3-17(4-11-21)16-27-19-6-8-20(9-7-19)28-23-13-14-26-24-15-18(25)5-12-22(23)24/h3-5,10-15,19-20,27H,6-9,16H2,1-2H3,(H,26,28)/t19-,20-. The number of hydrogen-bond donors (Lipinski definition) is 2. The van der Waals surface area contributed by atoms with Crippen LogP contribution in [0.3, 0.4) is 0 Å². The summed E-state index contributed by atoms with van der Waals surface area (Å²) in [6.45, 7) is 0.937. The van der Waals surface area contributed by atoms with Crippen molar-refractivity contribution < 1.29 is 0 Å². The molecule has 29 heavy (non-hydrogen) atoms. The van der Waals surface area contributed by atoms with Gasteiger partial charge in [-0.2, -0.15) is 0 Å². The van der Waals surface area contributed by atoms with Gasteiger partial charge in [0.2, 0.25) is 0 Å². The van der Waals surface area contributed by atoms with Crippen LogP contribution in [0.15, 0.2) is 54.7 Å². The minimum Gasteiger partial charge on any atom is -0.382 e. The number of fused-ring (bicyclic) bond motifs is 1. The first-order valence-corrected chi connectivity index (χ1v) is 10.8. The average molecular weight is 409 g/mol. The van der Waals surface area contributed by atoms with E-state index in [1.165, 1.54) is 36.9 Å². The van der Waals surface area contributed by atoms with Crippen LogP contribution >= 0.6 is 11.6 Å². The Kier molecular flexibility index (Phi) is 6.22. The van der Waals surface area contributed by atoms with Crippen molar-refractivity contribution in [1.82, 2.24) is 10.3 Å². The fourth-order valence-electron chi connectivity index (χ4n) is 4.08. The van der Waals surface area contributed by atoms with E-state index in [-0.39, 0.29) is 0 Å². The summed E-state index contributed by atoms with van der Waals surface area (Å²) in [6, 6.07) is 17.9. The number of rotatable bonds is 6. The molecule has 0 aliphatic heterocycles. The molecule has 1 aromatic heterocycles. The van der Waals surface area contributed by atoms with Crippen LogP contribution in [0.5, 0.6) is 0 Å². The zero-order valence-corrected chi connectivity index (χ0v) is 17.9. The zero-order chi connectivity index (χ0) is 20.2. The summed E-state index contributed by atoms with van der Waals surface area (Å²) in [5.74, 6) is 0. The molecular formula is C24H29ClN4. The van der Waals surface area contributed by atoms with Crippen molar-refractivity contribution in [2.24, 2.45) is 0 Å². The second-order valence-corrected chi connectivity index (χ2v) is 8.59. The van der Waals surface area contributed by atoms with Gasteiger partial charge in [0.05, 0.1) is 5.52 Å². The molecule has 4 rings (SSSR count). The highest BCUT2D eigenvalue weighted by atomic mass is 35.5. The number of hydrogen-bond acceptors (Lipinski definition) is 4. The highest BCUT2D eigenvalue weighted by Gasteiger charge is 2.21. The van der Waals surface area contributed by atoms with Gasteiger partial charge < -0.3 is 15.5 Å². The van der Waals surface area contributed by atoms with E-state index in [0.29, 0.717) is 12.1 Å². The molecule has 1 fully saturated rings. The second-order valence-electron chi connectivity index (χ2n) is 8.15. The maximum absolute atomic E-state index is 6.10. The van der Waals surface area contributed by atoms with Crippen LogP contribution < -0.4 is 15.5 Å². The fraction of sp³-hybridized carbons (Fsp3) is 0.375. The predicted molar refractivity (Wildman–Crippen MR) is 124 cm³/mol. The lowest BCUT2D eigenvalue weighted by atomic mass is 9.90. The SMILES string of the molecule is CN(C)c1ccc(CN[C@H]2CC[C@H](Nc3ccnc4cc(Cl)ccc34)CC2)cc1. The van der Waals surface area contributed by atoms with Gasteiger partial charge >= 0.3 is 0 Å². The third kappa shape index (κ3) is 5.01. The maximum Gasteiger partial charge on any atom is 0.0737 e. The fourth-order valence-corrected chi connectivity index (χ4v) is 4.25. The number of halogens is 1. The molecule has 152 valence electrons. The smallest absolute Gasteiger partial charge is 0.0737 e. The Balaban J connectivity index is 1.29. The highest BCUT2D eigenvalue weighted by Crippen LogP contribution is 2.28. The minimum absolute atomic E-state index is 0.508. The van der Waals surface area contributed by atoms with Gasteiger partial charge in [0, 0.05) is 60.7 Å².